The summed E-state index contributed by atoms with van der Waals surface area (Å²) in [7, 11) is 2.39. The van der Waals surface area contributed by atoms with Crippen LogP contribution in [0.3, 0.4) is 0 Å². The van der Waals surface area contributed by atoms with E-state index in [2.05, 4.69) is 20.6 Å². The lowest BCUT2D eigenvalue weighted by Gasteiger charge is -2.12. The molecule has 3 aromatic rings. The van der Waals surface area contributed by atoms with Crippen LogP contribution in [0.4, 0.5) is 28.7 Å². The van der Waals surface area contributed by atoms with Crippen LogP contribution in [0, 0.1) is 17.0 Å². The number of anilines is 4. The zero-order valence-electron chi connectivity index (χ0n) is 17.4. The number of methoxy groups -OCH3 is 2. The molecule has 0 bridgehead atoms. The van der Waals surface area contributed by atoms with E-state index >= 15 is 0 Å². The van der Waals surface area contributed by atoms with Gasteiger partial charge < -0.3 is 20.1 Å². The van der Waals surface area contributed by atoms with Crippen molar-refractivity contribution < 1.29 is 24.0 Å². The number of aryl methyl sites for hydroxylation is 1. The zero-order valence-corrected chi connectivity index (χ0v) is 17.4. The van der Waals surface area contributed by atoms with Crippen molar-refractivity contribution in [3.63, 3.8) is 0 Å². The highest BCUT2D eigenvalue weighted by atomic mass is 16.6. The molecule has 0 amide bonds. The number of benzene rings is 2. The molecular formula is C21H19N5O6. The molecule has 3 rings (SSSR count). The minimum absolute atomic E-state index is 0.0286. The van der Waals surface area contributed by atoms with Gasteiger partial charge in [-0.05, 0) is 36.8 Å². The highest BCUT2D eigenvalue weighted by Crippen LogP contribution is 2.34. The number of hydrogen-bond acceptors (Lipinski definition) is 10. The molecule has 11 nitrogen and oxygen atoms in total. The van der Waals surface area contributed by atoms with E-state index in [9.17, 15) is 19.7 Å². The van der Waals surface area contributed by atoms with Gasteiger partial charge in [-0.15, -0.1) is 0 Å². The first kappa shape index (κ1) is 22.2. The Bertz CT molecular complexity index is 1160. The van der Waals surface area contributed by atoms with Crippen molar-refractivity contribution in [1.29, 1.82) is 0 Å². The fourth-order valence-corrected chi connectivity index (χ4v) is 2.88. The van der Waals surface area contributed by atoms with Crippen LogP contribution < -0.4 is 10.6 Å². The van der Waals surface area contributed by atoms with Gasteiger partial charge in [0, 0.05) is 11.4 Å². The molecule has 2 N–H and O–H groups in total. The summed E-state index contributed by atoms with van der Waals surface area (Å²) in [5.41, 5.74) is 1.38. The first-order valence-corrected chi connectivity index (χ1v) is 9.24. The average molecular weight is 437 g/mol. The second-order valence-electron chi connectivity index (χ2n) is 6.52. The maximum Gasteiger partial charge on any atom is 0.353 e. The Kier molecular flexibility index (Phi) is 6.59. The van der Waals surface area contributed by atoms with Gasteiger partial charge in [0.2, 0.25) is 11.6 Å². The summed E-state index contributed by atoms with van der Waals surface area (Å²) < 4.78 is 9.41. The molecule has 2 aromatic carbocycles. The summed E-state index contributed by atoms with van der Waals surface area (Å²) in [5.74, 6) is -1.56. The lowest BCUT2D eigenvalue weighted by Crippen LogP contribution is -2.09. The monoisotopic (exact) mass is 437 g/mol. The Hall–Kier alpha value is -4.54. The molecule has 0 spiro atoms. The van der Waals surface area contributed by atoms with Gasteiger partial charge in [-0.25, -0.2) is 19.6 Å². The topological polar surface area (TPSA) is 146 Å². The van der Waals surface area contributed by atoms with Gasteiger partial charge in [-0.2, -0.15) is 0 Å². The number of para-hydroxylation sites is 1. The summed E-state index contributed by atoms with van der Waals surface area (Å²) in [4.78, 5) is 43.2. The standard InChI is InChI=1S/C21H19N5O6/c1-12-6-4-5-7-16(12)25-19-17(26(29)30)18(22-11-23-19)24-15-9-13(20(27)31-2)8-14(10-15)21(28)32-3/h4-11H,1-3H3,(H2,22,23,24,25). The van der Waals surface area contributed by atoms with E-state index in [1.54, 1.807) is 12.1 Å². The third-order valence-corrected chi connectivity index (χ3v) is 4.44. The van der Waals surface area contributed by atoms with Gasteiger partial charge >= 0.3 is 17.6 Å². The highest BCUT2D eigenvalue weighted by molar-refractivity contribution is 5.97. The SMILES string of the molecule is COC(=O)c1cc(Nc2ncnc(Nc3ccccc3C)c2[N+](=O)[O-])cc(C(=O)OC)c1. The van der Waals surface area contributed by atoms with Crippen LogP contribution in [0.2, 0.25) is 0 Å². The highest BCUT2D eigenvalue weighted by Gasteiger charge is 2.24. The van der Waals surface area contributed by atoms with E-state index in [-0.39, 0.29) is 28.5 Å². The lowest BCUT2D eigenvalue weighted by molar-refractivity contribution is -0.383. The van der Waals surface area contributed by atoms with Gasteiger partial charge in [-0.1, -0.05) is 18.2 Å². The number of rotatable bonds is 7. The lowest BCUT2D eigenvalue weighted by atomic mass is 10.1. The molecule has 0 aliphatic heterocycles. The Morgan fingerprint density at radius 3 is 2.03 bits per heavy atom. The molecule has 0 saturated carbocycles. The van der Waals surface area contributed by atoms with Crippen LogP contribution in [0.5, 0.6) is 0 Å². The van der Waals surface area contributed by atoms with Gasteiger partial charge in [-0.3, -0.25) is 10.1 Å². The summed E-state index contributed by atoms with van der Waals surface area (Å²) in [6.07, 6.45) is 1.15. The maximum absolute atomic E-state index is 12.0. The number of esters is 2. The number of hydrogen-bond donors (Lipinski definition) is 2. The molecule has 1 heterocycles. The van der Waals surface area contributed by atoms with Crippen molar-refractivity contribution >= 4 is 40.6 Å². The Morgan fingerprint density at radius 1 is 0.938 bits per heavy atom. The van der Waals surface area contributed by atoms with Crippen molar-refractivity contribution in [3.05, 3.63) is 75.6 Å². The molecule has 0 saturated heterocycles. The average Bonchev–Trinajstić information content (AvgIpc) is 2.79. The van der Waals surface area contributed by atoms with E-state index < -0.39 is 22.5 Å². The normalized spacial score (nSPS) is 10.2. The molecule has 0 radical (unpaired) electrons. The van der Waals surface area contributed by atoms with Crippen molar-refractivity contribution in [2.75, 3.05) is 24.9 Å². The van der Waals surface area contributed by atoms with Gasteiger partial charge in [0.25, 0.3) is 0 Å². The van der Waals surface area contributed by atoms with E-state index in [0.717, 1.165) is 11.9 Å². The number of carbonyl (C=O) groups excluding carboxylic acids is 2. The number of nitrogens with zero attached hydrogens (tertiary/aromatic N) is 3. The van der Waals surface area contributed by atoms with Gasteiger partial charge in [0.05, 0.1) is 30.3 Å². The van der Waals surface area contributed by atoms with Gasteiger partial charge in [0.1, 0.15) is 6.33 Å². The minimum atomic E-state index is -0.696. The molecule has 0 unspecified atom stereocenters. The predicted octanol–water partition coefficient (Wildman–Crippen LogP) is 3.75. The molecule has 0 fully saturated rings. The van der Waals surface area contributed by atoms with Crippen LogP contribution in [0.15, 0.2) is 48.8 Å². The fraction of sp³-hybridized carbons (Fsp3) is 0.143. The number of nitrogens with one attached hydrogen (secondary N) is 2. The second-order valence-corrected chi connectivity index (χ2v) is 6.52. The Labute approximate surface area is 182 Å². The molecule has 164 valence electrons. The summed E-state index contributed by atoms with van der Waals surface area (Å²) in [5, 5.41) is 17.6. The van der Waals surface area contributed by atoms with E-state index in [1.807, 2.05) is 19.1 Å². The summed E-state index contributed by atoms with van der Waals surface area (Å²) >= 11 is 0. The molecule has 0 atom stereocenters. The molecule has 0 aliphatic rings. The molecule has 11 heteroatoms. The number of ether oxygens (including phenoxy) is 2. The van der Waals surface area contributed by atoms with Crippen LogP contribution in [-0.4, -0.2) is 41.0 Å². The van der Waals surface area contributed by atoms with E-state index in [4.69, 9.17) is 9.47 Å². The van der Waals surface area contributed by atoms with Crippen LogP contribution >= 0.6 is 0 Å². The molecule has 0 aliphatic carbocycles. The first-order chi connectivity index (χ1) is 15.3. The van der Waals surface area contributed by atoms with Crippen LogP contribution in [0.1, 0.15) is 26.3 Å². The van der Waals surface area contributed by atoms with Crippen molar-refractivity contribution in [2.24, 2.45) is 0 Å². The summed E-state index contributed by atoms with van der Waals surface area (Å²) in [6, 6.07) is 11.3. The number of aromatic nitrogens is 2. The van der Waals surface area contributed by atoms with Crippen LogP contribution in [0.25, 0.3) is 0 Å². The summed E-state index contributed by atoms with van der Waals surface area (Å²) in [6.45, 7) is 1.85. The van der Waals surface area contributed by atoms with Crippen molar-refractivity contribution in [1.82, 2.24) is 9.97 Å². The number of nitro groups is 1. The Morgan fingerprint density at radius 2 is 1.50 bits per heavy atom. The fourth-order valence-electron chi connectivity index (χ4n) is 2.88. The van der Waals surface area contributed by atoms with Crippen molar-refractivity contribution in [2.45, 2.75) is 6.92 Å². The minimum Gasteiger partial charge on any atom is -0.465 e. The van der Waals surface area contributed by atoms with Gasteiger partial charge in [0.15, 0.2) is 0 Å². The zero-order chi connectivity index (χ0) is 23.3. The molecular weight excluding hydrogens is 418 g/mol. The second kappa shape index (κ2) is 9.51. The van der Waals surface area contributed by atoms with E-state index in [0.29, 0.717) is 5.69 Å². The first-order valence-electron chi connectivity index (χ1n) is 9.24. The van der Waals surface area contributed by atoms with Crippen LogP contribution in [-0.2, 0) is 9.47 Å². The van der Waals surface area contributed by atoms with Crippen molar-refractivity contribution in [3.8, 4) is 0 Å². The molecule has 1 aromatic heterocycles. The smallest absolute Gasteiger partial charge is 0.353 e. The quantitative estimate of drug-likeness (QED) is 0.318. The number of carbonyl (C=O) groups is 2. The predicted molar refractivity (Wildman–Crippen MR) is 116 cm³/mol. The Balaban J connectivity index is 2.05. The molecule has 32 heavy (non-hydrogen) atoms. The van der Waals surface area contributed by atoms with E-state index in [1.165, 1.54) is 32.4 Å². The largest absolute Gasteiger partial charge is 0.465 e. The third-order valence-electron chi connectivity index (χ3n) is 4.44. The third kappa shape index (κ3) is 4.78. The maximum atomic E-state index is 12.0.